The molecule has 2 atom stereocenters. The van der Waals surface area contributed by atoms with Crippen molar-refractivity contribution >= 4 is 28.0 Å². The maximum atomic E-state index is 12.5. The predicted molar refractivity (Wildman–Crippen MR) is 89.1 cm³/mol. The summed E-state index contributed by atoms with van der Waals surface area (Å²) in [6.07, 6.45) is 1.76. The molecule has 0 aromatic heterocycles. The van der Waals surface area contributed by atoms with Gasteiger partial charge in [-0.1, -0.05) is 15.9 Å². The molecule has 1 amide bonds. The van der Waals surface area contributed by atoms with E-state index in [4.69, 9.17) is 9.47 Å². The Morgan fingerprint density at radius 3 is 2.05 bits per heavy atom. The van der Waals surface area contributed by atoms with Gasteiger partial charge in [-0.25, -0.2) is 9.59 Å². The molecule has 0 radical (unpaired) electrons. The summed E-state index contributed by atoms with van der Waals surface area (Å²) in [5, 5.41) is 0.776. The van der Waals surface area contributed by atoms with Crippen LogP contribution in [-0.2, 0) is 14.3 Å². The first kappa shape index (κ1) is 19.3. The molecule has 1 rings (SSSR count). The molecule has 1 aliphatic rings. The molecule has 0 aromatic rings. The fourth-order valence-electron chi connectivity index (χ4n) is 2.48. The number of amides is 1. The molecule has 1 saturated heterocycles. The van der Waals surface area contributed by atoms with E-state index in [9.17, 15) is 9.59 Å². The maximum absolute atomic E-state index is 12.5. The summed E-state index contributed by atoms with van der Waals surface area (Å²) in [6.45, 7) is 10.9. The summed E-state index contributed by atoms with van der Waals surface area (Å²) in [5.41, 5.74) is -1.15. The lowest BCUT2D eigenvalue weighted by molar-refractivity contribution is -0.160. The van der Waals surface area contributed by atoms with Gasteiger partial charge in [-0.3, -0.25) is 4.90 Å². The van der Waals surface area contributed by atoms with Gasteiger partial charge in [0, 0.05) is 11.4 Å². The summed E-state index contributed by atoms with van der Waals surface area (Å²) < 4.78 is 10.9. The third-order valence-electron chi connectivity index (χ3n) is 3.23. The van der Waals surface area contributed by atoms with Crippen LogP contribution in [0.3, 0.4) is 0 Å². The monoisotopic (exact) mass is 377 g/mol. The van der Waals surface area contributed by atoms with Gasteiger partial charge in [-0.2, -0.15) is 0 Å². The minimum absolute atomic E-state index is 0.00624. The van der Waals surface area contributed by atoms with Crippen LogP contribution in [-0.4, -0.2) is 45.6 Å². The molecule has 5 nitrogen and oxygen atoms in total. The van der Waals surface area contributed by atoms with E-state index in [0.29, 0.717) is 6.42 Å². The van der Waals surface area contributed by atoms with Crippen LogP contribution in [0, 0.1) is 0 Å². The van der Waals surface area contributed by atoms with Gasteiger partial charge in [0.1, 0.15) is 17.2 Å². The Balaban J connectivity index is 2.91. The van der Waals surface area contributed by atoms with Gasteiger partial charge in [0.25, 0.3) is 0 Å². The number of hydrogen-bond donors (Lipinski definition) is 0. The summed E-state index contributed by atoms with van der Waals surface area (Å²) in [7, 11) is 0. The number of hydrogen-bond acceptors (Lipinski definition) is 4. The molecular weight excluding hydrogens is 350 g/mol. The molecule has 1 fully saturated rings. The van der Waals surface area contributed by atoms with Crippen molar-refractivity contribution in [2.75, 3.05) is 5.33 Å². The number of esters is 1. The molecule has 128 valence electrons. The highest BCUT2D eigenvalue weighted by molar-refractivity contribution is 9.09. The lowest BCUT2D eigenvalue weighted by Gasteiger charge is -2.32. The zero-order valence-electron chi connectivity index (χ0n) is 14.4. The minimum Gasteiger partial charge on any atom is -0.458 e. The lowest BCUT2D eigenvalue weighted by atomic mass is 10.1. The number of ether oxygens (including phenoxy) is 2. The summed E-state index contributed by atoms with van der Waals surface area (Å²) in [6, 6.07) is -0.551. The Kier molecular flexibility index (Phi) is 6.30. The molecule has 0 saturated carbocycles. The molecule has 0 N–H and O–H groups in total. The number of rotatable bonds is 3. The van der Waals surface area contributed by atoms with Crippen molar-refractivity contribution in [3.63, 3.8) is 0 Å². The van der Waals surface area contributed by atoms with Crippen molar-refractivity contribution in [3.05, 3.63) is 0 Å². The second-order valence-corrected chi connectivity index (χ2v) is 8.44. The minimum atomic E-state index is -0.586. The number of carbonyl (C=O) groups is 2. The van der Waals surface area contributed by atoms with Crippen molar-refractivity contribution in [1.82, 2.24) is 4.90 Å². The van der Waals surface area contributed by atoms with Gasteiger partial charge in [-0.15, -0.1) is 0 Å². The van der Waals surface area contributed by atoms with Gasteiger partial charge in [0.15, 0.2) is 0 Å². The van der Waals surface area contributed by atoms with Crippen molar-refractivity contribution in [2.24, 2.45) is 0 Å². The SMILES string of the molecule is CC(C)(C)OC(=O)[C@@H]1CC[C@H](CCBr)N1C(=O)OC(C)(C)C. The first-order chi connectivity index (χ1) is 9.94. The highest BCUT2D eigenvalue weighted by Crippen LogP contribution is 2.30. The lowest BCUT2D eigenvalue weighted by Crippen LogP contribution is -2.48. The third-order valence-corrected chi connectivity index (χ3v) is 3.69. The fourth-order valence-corrected chi connectivity index (χ4v) is 3.01. The third kappa shape index (κ3) is 5.78. The van der Waals surface area contributed by atoms with Crippen LogP contribution < -0.4 is 0 Å². The van der Waals surface area contributed by atoms with E-state index >= 15 is 0 Å². The molecule has 0 spiro atoms. The van der Waals surface area contributed by atoms with Crippen molar-refractivity contribution in [1.29, 1.82) is 0 Å². The largest absolute Gasteiger partial charge is 0.458 e. The van der Waals surface area contributed by atoms with Crippen LogP contribution >= 0.6 is 15.9 Å². The Bertz CT molecular complexity index is 411. The van der Waals surface area contributed by atoms with E-state index in [1.54, 1.807) is 4.90 Å². The standard InChI is InChI=1S/C16H28BrNO4/c1-15(2,3)21-13(19)12-8-7-11(9-10-17)18(12)14(20)22-16(4,5)6/h11-12H,7-10H2,1-6H3/t11-,12+/m1/s1. The normalized spacial score (nSPS) is 22.6. The number of halogens is 1. The van der Waals surface area contributed by atoms with Crippen molar-refractivity contribution < 1.29 is 19.1 Å². The second kappa shape index (κ2) is 7.20. The van der Waals surface area contributed by atoms with Crippen LogP contribution in [0.4, 0.5) is 4.79 Å². The Morgan fingerprint density at radius 2 is 1.59 bits per heavy atom. The molecule has 0 aliphatic carbocycles. The number of alkyl halides is 1. The van der Waals surface area contributed by atoms with Gasteiger partial charge >= 0.3 is 12.1 Å². The average molecular weight is 378 g/mol. The molecule has 0 bridgehead atoms. The number of nitrogens with zero attached hydrogens (tertiary/aromatic N) is 1. The van der Waals surface area contributed by atoms with Crippen LogP contribution in [0.5, 0.6) is 0 Å². The Hall–Kier alpha value is -0.780. The van der Waals surface area contributed by atoms with Crippen LogP contribution in [0.25, 0.3) is 0 Å². The summed E-state index contributed by atoms with van der Waals surface area (Å²) in [4.78, 5) is 26.5. The van der Waals surface area contributed by atoms with E-state index in [2.05, 4.69) is 15.9 Å². The van der Waals surface area contributed by atoms with E-state index < -0.39 is 23.3 Å². The molecule has 1 aliphatic heterocycles. The molecule has 1 heterocycles. The highest BCUT2D eigenvalue weighted by Gasteiger charge is 2.44. The predicted octanol–water partition coefficient (Wildman–Crippen LogP) is 3.88. The van der Waals surface area contributed by atoms with Crippen LogP contribution in [0.15, 0.2) is 0 Å². The van der Waals surface area contributed by atoms with E-state index in [-0.39, 0.29) is 12.0 Å². The van der Waals surface area contributed by atoms with Crippen LogP contribution in [0.2, 0.25) is 0 Å². The first-order valence-electron chi connectivity index (χ1n) is 7.75. The topological polar surface area (TPSA) is 55.8 Å². The van der Waals surface area contributed by atoms with Gasteiger partial charge in [0.05, 0.1) is 0 Å². The second-order valence-electron chi connectivity index (χ2n) is 7.65. The fraction of sp³-hybridized carbons (Fsp3) is 0.875. The summed E-state index contributed by atoms with van der Waals surface area (Å²) >= 11 is 3.41. The van der Waals surface area contributed by atoms with Gasteiger partial charge < -0.3 is 9.47 Å². The molecule has 22 heavy (non-hydrogen) atoms. The smallest absolute Gasteiger partial charge is 0.411 e. The highest BCUT2D eigenvalue weighted by atomic mass is 79.9. The molecule has 6 heteroatoms. The van der Waals surface area contributed by atoms with E-state index in [0.717, 1.165) is 18.2 Å². The quantitative estimate of drug-likeness (QED) is 0.553. The van der Waals surface area contributed by atoms with Gasteiger partial charge in [-0.05, 0) is 60.8 Å². The average Bonchev–Trinajstić information content (AvgIpc) is 2.68. The Morgan fingerprint density at radius 1 is 1.05 bits per heavy atom. The molecule has 0 aromatic carbocycles. The zero-order valence-corrected chi connectivity index (χ0v) is 16.0. The first-order valence-corrected chi connectivity index (χ1v) is 8.87. The maximum Gasteiger partial charge on any atom is 0.411 e. The zero-order chi connectivity index (χ0) is 17.1. The van der Waals surface area contributed by atoms with E-state index in [1.807, 2.05) is 41.5 Å². The van der Waals surface area contributed by atoms with Crippen molar-refractivity contribution in [2.45, 2.75) is 84.1 Å². The Labute approximate surface area is 141 Å². The molecule has 0 unspecified atom stereocenters. The van der Waals surface area contributed by atoms with Gasteiger partial charge in [0.2, 0.25) is 0 Å². The van der Waals surface area contributed by atoms with E-state index in [1.165, 1.54) is 0 Å². The van der Waals surface area contributed by atoms with Crippen LogP contribution in [0.1, 0.15) is 60.8 Å². The van der Waals surface area contributed by atoms with Crippen molar-refractivity contribution in [3.8, 4) is 0 Å². The summed E-state index contributed by atoms with van der Waals surface area (Å²) in [5.74, 6) is -0.351. The molecular formula is C16H28BrNO4. The number of carbonyl (C=O) groups excluding carboxylic acids is 2. The number of likely N-dealkylation sites (tertiary alicyclic amines) is 1.